The average Bonchev–Trinajstić information content (AvgIpc) is 3.19. The first-order valence-corrected chi connectivity index (χ1v) is 14.9. The second kappa shape index (κ2) is 11.6. The Morgan fingerprint density at radius 1 is 1.33 bits per heavy atom. The zero-order valence-electron chi connectivity index (χ0n) is 23.1. The second-order valence-corrected chi connectivity index (χ2v) is 13.7. The number of terminal acetylenes is 1. The number of carbonyl (C=O) groups excluding carboxylic acids is 1. The van der Waals surface area contributed by atoms with Gasteiger partial charge in [0, 0.05) is 19.2 Å². The quantitative estimate of drug-likeness (QED) is 0.444. The molecule has 0 atom stereocenters. The summed E-state index contributed by atoms with van der Waals surface area (Å²) in [6, 6.07) is 4.99. The molecule has 1 aliphatic carbocycles. The molecule has 2 aromatic rings. The number of sulfone groups is 1. The van der Waals surface area contributed by atoms with E-state index in [1.807, 2.05) is 20.8 Å². The number of nitrogens with zero attached hydrogens (tertiary/aromatic N) is 2. The minimum atomic E-state index is -3.20. The third-order valence-corrected chi connectivity index (χ3v) is 8.56. The van der Waals surface area contributed by atoms with Crippen LogP contribution < -0.4 is 10.1 Å². The number of carbonyl (C=O) groups is 1. The van der Waals surface area contributed by atoms with E-state index in [1.165, 1.54) is 10.8 Å². The number of aromatic nitrogens is 2. The summed E-state index contributed by atoms with van der Waals surface area (Å²) in [5.74, 6) is 2.13. The van der Waals surface area contributed by atoms with Crippen molar-refractivity contribution < 1.29 is 31.8 Å². The zero-order chi connectivity index (χ0) is 29.2. The molecule has 0 aliphatic heterocycles. The molecule has 214 valence electrons. The number of imidazole rings is 1. The summed E-state index contributed by atoms with van der Waals surface area (Å²) in [4.78, 5) is 17.6. The van der Waals surface area contributed by atoms with Crippen molar-refractivity contribution in [3.63, 3.8) is 0 Å². The van der Waals surface area contributed by atoms with E-state index >= 15 is 0 Å². The summed E-state index contributed by atoms with van der Waals surface area (Å²) >= 11 is 0. The predicted octanol–water partition coefficient (Wildman–Crippen LogP) is 4.05. The molecule has 0 radical (unpaired) electrons. The van der Waals surface area contributed by atoms with Crippen LogP contribution in [-0.4, -0.2) is 59.2 Å². The van der Waals surface area contributed by atoms with Crippen molar-refractivity contribution in [1.29, 1.82) is 0 Å². The lowest BCUT2D eigenvalue weighted by Gasteiger charge is -2.35. The van der Waals surface area contributed by atoms with Gasteiger partial charge in [-0.15, -0.1) is 6.42 Å². The summed E-state index contributed by atoms with van der Waals surface area (Å²) in [5, 5.41) is 13.1. The van der Waals surface area contributed by atoms with E-state index in [1.54, 1.807) is 25.1 Å². The van der Waals surface area contributed by atoms with Gasteiger partial charge in [-0.25, -0.2) is 13.4 Å². The average molecular weight is 566 g/mol. The number of nitrogens with one attached hydrogen (secondary N) is 1. The molecule has 1 fully saturated rings. The van der Waals surface area contributed by atoms with Gasteiger partial charge in [-0.3, -0.25) is 9.36 Å². The van der Waals surface area contributed by atoms with E-state index in [4.69, 9.17) is 11.2 Å². The smallest absolute Gasteiger partial charge is 0.387 e. The molecule has 1 amide bonds. The van der Waals surface area contributed by atoms with Gasteiger partial charge in [0.05, 0.1) is 16.5 Å². The monoisotopic (exact) mass is 565 g/mol. The van der Waals surface area contributed by atoms with Crippen molar-refractivity contribution in [2.75, 3.05) is 12.8 Å². The SMILES string of the molecule is C#Cc1c(C(=O)NCC2(O)CCC(S(C)(=O)=O)CC2)nc(CC)n1-c1ccc(CC(C)(C)C)cc1OC(F)F. The molecule has 1 saturated carbocycles. The molecule has 0 bridgehead atoms. The highest BCUT2D eigenvalue weighted by Gasteiger charge is 2.37. The van der Waals surface area contributed by atoms with E-state index in [9.17, 15) is 27.1 Å². The predicted molar refractivity (Wildman–Crippen MR) is 145 cm³/mol. The molecule has 0 saturated heterocycles. The number of rotatable bonds is 9. The van der Waals surface area contributed by atoms with E-state index in [2.05, 4.69) is 16.2 Å². The van der Waals surface area contributed by atoms with Gasteiger partial charge in [-0.2, -0.15) is 8.78 Å². The van der Waals surface area contributed by atoms with Gasteiger partial charge in [-0.05, 0) is 61.1 Å². The minimum absolute atomic E-state index is 0.0693. The molecule has 1 aromatic heterocycles. The fraction of sp³-hybridized carbons (Fsp3) is 0.571. The number of aliphatic hydroxyl groups is 1. The van der Waals surface area contributed by atoms with Crippen LogP contribution in [0.25, 0.3) is 5.69 Å². The lowest BCUT2D eigenvalue weighted by atomic mass is 9.84. The number of halogens is 2. The molecule has 1 aromatic carbocycles. The Morgan fingerprint density at radius 3 is 2.49 bits per heavy atom. The van der Waals surface area contributed by atoms with Gasteiger partial charge < -0.3 is 15.2 Å². The van der Waals surface area contributed by atoms with Crippen LogP contribution in [0.1, 0.15) is 80.9 Å². The molecule has 39 heavy (non-hydrogen) atoms. The van der Waals surface area contributed by atoms with Crippen LogP contribution >= 0.6 is 0 Å². The fourth-order valence-corrected chi connectivity index (χ4v) is 6.06. The van der Waals surface area contributed by atoms with E-state index in [0.29, 0.717) is 31.5 Å². The number of alkyl halides is 2. The number of ether oxygens (including phenoxy) is 1. The largest absolute Gasteiger partial charge is 0.433 e. The number of amides is 1. The summed E-state index contributed by atoms with van der Waals surface area (Å²) in [6.45, 7) is 4.73. The van der Waals surface area contributed by atoms with Crippen LogP contribution in [0.2, 0.25) is 0 Å². The highest BCUT2D eigenvalue weighted by Crippen LogP contribution is 2.33. The zero-order valence-corrected chi connectivity index (χ0v) is 23.9. The summed E-state index contributed by atoms with van der Waals surface area (Å²) in [5.41, 5.74) is -0.313. The van der Waals surface area contributed by atoms with Crippen LogP contribution in [0.15, 0.2) is 18.2 Å². The lowest BCUT2D eigenvalue weighted by Crippen LogP contribution is -2.47. The van der Waals surface area contributed by atoms with Crippen LogP contribution in [-0.2, 0) is 22.7 Å². The van der Waals surface area contributed by atoms with Crippen molar-refractivity contribution in [1.82, 2.24) is 14.9 Å². The Hall–Kier alpha value is -2.97. The molecule has 3 rings (SSSR count). The topological polar surface area (TPSA) is 111 Å². The van der Waals surface area contributed by atoms with Gasteiger partial charge >= 0.3 is 6.61 Å². The van der Waals surface area contributed by atoms with E-state index in [0.717, 1.165) is 5.56 Å². The van der Waals surface area contributed by atoms with Crippen LogP contribution in [0.5, 0.6) is 5.75 Å². The summed E-state index contributed by atoms with van der Waals surface area (Å²) in [7, 11) is -3.20. The Morgan fingerprint density at radius 2 is 1.97 bits per heavy atom. The maximum absolute atomic E-state index is 13.4. The summed E-state index contributed by atoms with van der Waals surface area (Å²) < 4.78 is 56.8. The number of hydrogen-bond acceptors (Lipinski definition) is 6. The van der Waals surface area contributed by atoms with Crippen LogP contribution in [0, 0.1) is 17.8 Å². The molecule has 1 heterocycles. The van der Waals surface area contributed by atoms with Crippen molar-refractivity contribution in [3.05, 3.63) is 41.0 Å². The second-order valence-electron chi connectivity index (χ2n) is 11.4. The first-order valence-electron chi connectivity index (χ1n) is 12.9. The van der Waals surface area contributed by atoms with Gasteiger partial charge in [0.1, 0.15) is 27.1 Å². The van der Waals surface area contributed by atoms with Gasteiger partial charge in [0.25, 0.3) is 5.91 Å². The van der Waals surface area contributed by atoms with Crippen molar-refractivity contribution >= 4 is 15.7 Å². The van der Waals surface area contributed by atoms with Crippen molar-refractivity contribution in [3.8, 4) is 23.8 Å². The lowest BCUT2D eigenvalue weighted by molar-refractivity contribution is -0.0499. The van der Waals surface area contributed by atoms with Gasteiger partial charge in [0.2, 0.25) is 0 Å². The summed E-state index contributed by atoms with van der Waals surface area (Å²) in [6.07, 6.45) is 8.98. The maximum Gasteiger partial charge on any atom is 0.387 e. The number of hydrogen-bond donors (Lipinski definition) is 2. The van der Waals surface area contributed by atoms with Crippen LogP contribution in [0.3, 0.4) is 0 Å². The third-order valence-electron chi connectivity index (χ3n) is 6.88. The molecular weight excluding hydrogens is 528 g/mol. The molecule has 0 spiro atoms. The van der Waals surface area contributed by atoms with Crippen LogP contribution in [0.4, 0.5) is 8.78 Å². The van der Waals surface area contributed by atoms with E-state index in [-0.39, 0.29) is 47.6 Å². The Bertz CT molecular complexity index is 1350. The molecule has 2 N–H and O–H groups in total. The van der Waals surface area contributed by atoms with Crippen molar-refractivity contribution in [2.24, 2.45) is 5.41 Å². The number of benzene rings is 1. The number of aryl methyl sites for hydroxylation is 1. The van der Waals surface area contributed by atoms with Gasteiger partial charge in [-0.1, -0.05) is 33.8 Å². The Labute approximate surface area is 229 Å². The molecule has 8 nitrogen and oxygen atoms in total. The highest BCUT2D eigenvalue weighted by atomic mass is 32.2. The first-order chi connectivity index (χ1) is 18.1. The maximum atomic E-state index is 13.4. The molecule has 11 heteroatoms. The molecule has 1 aliphatic rings. The Kier molecular flexibility index (Phi) is 9.13. The first kappa shape index (κ1) is 30.6. The standard InChI is InChI=1S/C28H37F2N3O5S/c1-7-20-24(25(34)31-17-28(35)13-11-19(12-14-28)39(6,36)37)32-23(8-2)33(20)21-10-9-18(16-27(3,4)5)15-22(21)38-26(29)30/h1,9-10,15,19,26,35H,8,11-14,16-17H2,2-6H3,(H,31,34). The third kappa shape index (κ3) is 7.57. The van der Waals surface area contributed by atoms with Gasteiger partial charge in [0.15, 0.2) is 5.69 Å². The fourth-order valence-electron chi connectivity index (χ4n) is 4.97. The normalized spacial score (nSPS) is 20.1. The Balaban J connectivity index is 1.92. The molecular formula is C28H37F2N3O5S. The van der Waals surface area contributed by atoms with E-state index < -0.39 is 33.2 Å². The highest BCUT2D eigenvalue weighted by molar-refractivity contribution is 7.91. The minimum Gasteiger partial charge on any atom is -0.433 e. The van der Waals surface area contributed by atoms with Crippen molar-refractivity contribution in [2.45, 2.75) is 83.7 Å². The molecule has 0 unspecified atom stereocenters.